The second-order valence-electron chi connectivity index (χ2n) is 4.00. The predicted molar refractivity (Wildman–Crippen MR) is 71.0 cm³/mol. The van der Waals surface area contributed by atoms with Gasteiger partial charge in [-0.15, -0.1) is 0 Å². The first-order valence-electron chi connectivity index (χ1n) is 5.51. The van der Waals surface area contributed by atoms with Crippen LogP contribution in [0.25, 0.3) is 10.8 Å². The minimum Gasteiger partial charge on any atom is -0.507 e. The van der Waals surface area contributed by atoms with Crippen LogP contribution in [0.5, 0.6) is 5.75 Å². The summed E-state index contributed by atoms with van der Waals surface area (Å²) >= 11 is 0. The molecule has 0 aliphatic rings. The van der Waals surface area contributed by atoms with Crippen LogP contribution in [-0.4, -0.2) is 36.3 Å². The monoisotopic (exact) mass is 283 g/mol. The number of rotatable bonds is 4. The molecule has 0 spiro atoms. The molecule has 0 amide bonds. The molecular weight excluding hydrogens is 270 g/mol. The van der Waals surface area contributed by atoms with Crippen molar-refractivity contribution in [3.8, 4) is 5.75 Å². The van der Waals surface area contributed by atoms with Crippen LogP contribution >= 0.6 is 0 Å². The van der Waals surface area contributed by atoms with Crippen molar-refractivity contribution in [2.24, 2.45) is 0 Å². The highest BCUT2D eigenvalue weighted by atomic mass is 32.2. The Balaban J connectivity index is 2.54. The van der Waals surface area contributed by atoms with Crippen LogP contribution < -0.4 is 5.32 Å². The molecule has 19 heavy (non-hydrogen) atoms. The summed E-state index contributed by atoms with van der Waals surface area (Å²) < 4.78 is 31.0. The molecule has 6 nitrogen and oxygen atoms in total. The van der Waals surface area contributed by atoms with E-state index in [4.69, 9.17) is 9.66 Å². The highest BCUT2D eigenvalue weighted by Crippen LogP contribution is 2.30. The van der Waals surface area contributed by atoms with E-state index in [0.29, 0.717) is 23.0 Å². The first-order chi connectivity index (χ1) is 8.91. The first-order valence-corrected chi connectivity index (χ1v) is 6.95. The Morgan fingerprint density at radius 1 is 1.16 bits per heavy atom. The number of hydrogen-bond acceptors (Lipinski definition) is 5. The van der Waals surface area contributed by atoms with Gasteiger partial charge in [0.2, 0.25) is 0 Å². The van der Waals surface area contributed by atoms with Crippen molar-refractivity contribution in [2.45, 2.75) is 4.90 Å². The van der Waals surface area contributed by atoms with Crippen molar-refractivity contribution in [1.29, 1.82) is 0 Å². The van der Waals surface area contributed by atoms with E-state index >= 15 is 0 Å². The van der Waals surface area contributed by atoms with Crippen molar-refractivity contribution < 1.29 is 23.2 Å². The van der Waals surface area contributed by atoms with Gasteiger partial charge in [0.1, 0.15) is 5.75 Å². The normalized spacial score (nSPS) is 11.7. The lowest BCUT2D eigenvalue weighted by molar-refractivity contribution is 0.311. The van der Waals surface area contributed by atoms with Crippen LogP contribution in [0.2, 0.25) is 0 Å². The van der Waals surface area contributed by atoms with Gasteiger partial charge in [0.15, 0.2) is 0 Å². The van der Waals surface area contributed by atoms with Crippen LogP contribution in [0.3, 0.4) is 0 Å². The summed E-state index contributed by atoms with van der Waals surface area (Å²) in [5, 5.41) is 22.4. The standard InChI is InChI=1S/C12H13NO5S/c14-4-3-13-9-2-1-8-5-10(19(16,17)18)7-12(15)11(8)6-9/h1-2,5-7,13-15H,3-4H2,(H,16,17,18). The average Bonchev–Trinajstić information content (AvgIpc) is 2.35. The zero-order chi connectivity index (χ0) is 14.0. The molecule has 0 aliphatic heterocycles. The Kier molecular flexibility index (Phi) is 3.61. The molecule has 0 saturated heterocycles. The lowest BCUT2D eigenvalue weighted by Crippen LogP contribution is -2.05. The number of hydrogen-bond donors (Lipinski definition) is 4. The molecule has 0 aromatic heterocycles. The summed E-state index contributed by atoms with van der Waals surface area (Å²) in [6.45, 7) is 0.348. The summed E-state index contributed by atoms with van der Waals surface area (Å²) in [6, 6.07) is 7.20. The molecule has 0 saturated carbocycles. The van der Waals surface area contributed by atoms with E-state index in [-0.39, 0.29) is 17.3 Å². The Hall–Kier alpha value is -1.83. The summed E-state index contributed by atoms with van der Waals surface area (Å²) in [5.41, 5.74) is 0.691. The van der Waals surface area contributed by atoms with Crippen molar-refractivity contribution in [3.63, 3.8) is 0 Å². The van der Waals surface area contributed by atoms with Gasteiger partial charge in [0.05, 0.1) is 11.5 Å². The second kappa shape index (κ2) is 5.04. The van der Waals surface area contributed by atoms with Crippen LogP contribution in [-0.2, 0) is 10.1 Å². The van der Waals surface area contributed by atoms with Gasteiger partial charge in [-0.25, -0.2) is 0 Å². The van der Waals surface area contributed by atoms with Crippen LogP contribution in [0, 0.1) is 0 Å². The molecule has 2 rings (SSSR count). The highest BCUT2D eigenvalue weighted by molar-refractivity contribution is 7.85. The molecule has 0 aliphatic carbocycles. The van der Waals surface area contributed by atoms with Gasteiger partial charge in [-0.05, 0) is 23.6 Å². The lowest BCUT2D eigenvalue weighted by Gasteiger charge is -2.08. The summed E-state index contributed by atoms with van der Waals surface area (Å²) in [7, 11) is -4.35. The van der Waals surface area contributed by atoms with Gasteiger partial charge in [0.25, 0.3) is 10.1 Å². The van der Waals surface area contributed by atoms with Crippen LogP contribution in [0.15, 0.2) is 35.2 Å². The van der Waals surface area contributed by atoms with E-state index < -0.39 is 10.1 Å². The zero-order valence-electron chi connectivity index (χ0n) is 9.87. The maximum absolute atomic E-state index is 11.0. The van der Waals surface area contributed by atoms with Crippen molar-refractivity contribution in [3.05, 3.63) is 30.3 Å². The van der Waals surface area contributed by atoms with Gasteiger partial charge in [-0.1, -0.05) is 6.07 Å². The molecular formula is C12H13NO5S. The highest BCUT2D eigenvalue weighted by Gasteiger charge is 2.13. The van der Waals surface area contributed by atoms with Gasteiger partial charge >= 0.3 is 0 Å². The summed E-state index contributed by atoms with van der Waals surface area (Å²) in [4.78, 5) is -0.353. The fourth-order valence-corrected chi connectivity index (χ4v) is 2.31. The quantitative estimate of drug-likeness (QED) is 0.628. The number of aromatic hydroxyl groups is 1. The Morgan fingerprint density at radius 2 is 1.89 bits per heavy atom. The molecule has 0 heterocycles. The van der Waals surface area contributed by atoms with Crippen LogP contribution in [0.1, 0.15) is 0 Å². The van der Waals surface area contributed by atoms with E-state index in [9.17, 15) is 13.5 Å². The number of aliphatic hydroxyl groups is 1. The fourth-order valence-electron chi connectivity index (χ4n) is 1.77. The number of fused-ring (bicyclic) bond motifs is 1. The van der Waals surface area contributed by atoms with Gasteiger partial charge in [0, 0.05) is 23.7 Å². The fraction of sp³-hybridized carbons (Fsp3) is 0.167. The molecule has 0 unspecified atom stereocenters. The molecule has 0 radical (unpaired) electrons. The average molecular weight is 283 g/mol. The van der Waals surface area contributed by atoms with Crippen molar-refractivity contribution >= 4 is 26.6 Å². The Bertz CT molecular complexity index is 711. The minimum atomic E-state index is -4.35. The molecule has 7 heteroatoms. The minimum absolute atomic E-state index is 0.0221. The maximum Gasteiger partial charge on any atom is 0.294 e. The molecule has 0 fully saturated rings. The van der Waals surface area contributed by atoms with E-state index in [1.54, 1.807) is 18.2 Å². The molecule has 102 valence electrons. The first kappa shape index (κ1) is 13.6. The smallest absolute Gasteiger partial charge is 0.294 e. The SMILES string of the molecule is O=S(=O)(O)c1cc(O)c2cc(NCCO)ccc2c1. The number of nitrogens with one attached hydrogen (secondary N) is 1. The molecule has 4 N–H and O–H groups in total. The third-order valence-electron chi connectivity index (χ3n) is 2.64. The third-order valence-corrected chi connectivity index (χ3v) is 3.48. The topological polar surface area (TPSA) is 107 Å². The number of phenols is 1. The number of anilines is 1. The number of benzene rings is 2. The lowest BCUT2D eigenvalue weighted by atomic mass is 10.1. The summed E-state index contributed by atoms with van der Waals surface area (Å²) in [5.74, 6) is -0.238. The predicted octanol–water partition coefficient (Wildman–Crippen LogP) is 1.20. The molecule has 2 aromatic rings. The van der Waals surface area contributed by atoms with Gasteiger partial charge in [-0.3, -0.25) is 4.55 Å². The van der Waals surface area contributed by atoms with E-state index in [1.807, 2.05) is 0 Å². The number of aliphatic hydroxyl groups excluding tert-OH is 1. The zero-order valence-corrected chi connectivity index (χ0v) is 10.7. The number of phenolic OH excluding ortho intramolecular Hbond substituents is 1. The largest absolute Gasteiger partial charge is 0.507 e. The maximum atomic E-state index is 11.0. The second-order valence-corrected chi connectivity index (χ2v) is 5.43. The molecule has 2 aromatic carbocycles. The van der Waals surface area contributed by atoms with Crippen molar-refractivity contribution in [1.82, 2.24) is 0 Å². The van der Waals surface area contributed by atoms with E-state index in [0.717, 1.165) is 6.07 Å². The van der Waals surface area contributed by atoms with Gasteiger partial charge < -0.3 is 15.5 Å². The van der Waals surface area contributed by atoms with E-state index in [1.165, 1.54) is 6.07 Å². The van der Waals surface area contributed by atoms with Gasteiger partial charge in [-0.2, -0.15) is 8.42 Å². The molecule has 0 atom stereocenters. The Labute approximate surface area is 110 Å². The van der Waals surface area contributed by atoms with E-state index in [2.05, 4.69) is 5.32 Å². The third kappa shape index (κ3) is 2.95. The summed E-state index contributed by atoms with van der Waals surface area (Å²) in [6.07, 6.45) is 0. The Morgan fingerprint density at radius 3 is 2.53 bits per heavy atom. The van der Waals surface area contributed by atoms with Crippen molar-refractivity contribution in [2.75, 3.05) is 18.5 Å². The van der Waals surface area contributed by atoms with Crippen LogP contribution in [0.4, 0.5) is 5.69 Å². The molecule has 0 bridgehead atoms.